The molecule has 0 spiro atoms. The number of hydrogen-bond donors (Lipinski definition) is 2. The normalized spacial score (nSPS) is 15.2. The van der Waals surface area contributed by atoms with Crippen LogP contribution in [0.25, 0.3) is 0 Å². The van der Waals surface area contributed by atoms with Gasteiger partial charge in [0.15, 0.2) is 0 Å². The van der Waals surface area contributed by atoms with E-state index >= 15 is 0 Å². The monoisotopic (exact) mass is 337 g/mol. The summed E-state index contributed by atoms with van der Waals surface area (Å²) in [7, 11) is 0. The first-order chi connectivity index (χ1) is 12.1. The largest absolute Gasteiger partial charge is 0.381 e. The van der Waals surface area contributed by atoms with Gasteiger partial charge in [-0.2, -0.15) is 0 Å². The van der Waals surface area contributed by atoms with Crippen LogP contribution in [-0.4, -0.2) is 16.9 Å². The van der Waals surface area contributed by atoms with Gasteiger partial charge < -0.3 is 10.6 Å². The molecule has 1 aromatic heterocycles. The first-order valence-electron chi connectivity index (χ1n) is 9.26. The zero-order valence-corrected chi connectivity index (χ0v) is 15.1. The number of para-hydroxylation sites is 1. The van der Waals surface area contributed by atoms with Gasteiger partial charge in [0.25, 0.3) is 5.91 Å². The number of rotatable bonds is 5. The van der Waals surface area contributed by atoms with Gasteiger partial charge in [0.2, 0.25) is 0 Å². The molecule has 0 atom stereocenters. The van der Waals surface area contributed by atoms with Crippen LogP contribution in [0.3, 0.4) is 0 Å². The summed E-state index contributed by atoms with van der Waals surface area (Å²) >= 11 is 0. The highest BCUT2D eigenvalue weighted by molar-refractivity contribution is 6.03. The third kappa shape index (κ3) is 4.59. The minimum atomic E-state index is -0.169. The van der Waals surface area contributed by atoms with Crippen LogP contribution in [0.4, 0.5) is 11.4 Å². The van der Waals surface area contributed by atoms with E-state index < -0.39 is 0 Å². The number of nitrogens with one attached hydrogen (secondary N) is 2. The predicted molar refractivity (Wildman–Crippen MR) is 103 cm³/mol. The molecule has 0 bridgehead atoms. The molecule has 4 nitrogen and oxygen atoms in total. The van der Waals surface area contributed by atoms with Crippen molar-refractivity contribution < 1.29 is 4.79 Å². The second kappa shape index (κ2) is 8.15. The zero-order valence-electron chi connectivity index (χ0n) is 15.1. The molecule has 1 heterocycles. The Morgan fingerprint density at radius 3 is 2.52 bits per heavy atom. The van der Waals surface area contributed by atoms with Gasteiger partial charge in [-0.05, 0) is 42.5 Å². The molecule has 1 fully saturated rings. The fraction of sp³-hybridized carbons (Fsp3) is 0.429. The summed E-state index contributed by atoms with van der Waals surface area (Å²) in [6, 6.07) is 12.2. The van der Waals surface area contributed by atoms with Crippen molar-refractivity contribution >= 4 is 17.3 Å². The molecule has 25 heavy (non-hydrogen) atoms. The van der Waals surface area contributed by atoms with Crippen LogP contribution < -0.4 is 10.6 Å². The minimum Gasteiger partial charge on any atom is -0.381 e. The van der Waals surface area contributed by atoms with E-state index in [1.165, 1.54) is 32.1 Å². The van der Waals surface area contributed by atoms with Crippen molar-refractivity contribution in [2.24, 2.45) is 0 Å². The lowest BCUT2D eigenvalue weighted by Crippen LogP contribution is -2.22. The maximum atomic E-state index is 12.5. The number of aromatic nitrogens is 1. The average Bonchev–Trinajstić information content (AvgIpc) is 2.63. The van der Waals surface area contributed by atoms with E-state index in [0.717, 1.165) is 16.9 Å². The summed E-state index contributed by atoms with van der Waals surface area (Å²) in [6.45, 7) is 4.24. The molecule has 2 aromatic rings. The lowest BCUT2D eigenvalue weighted by molar-refractivity contribution is 0.102. The van der Waals surface area contributed by atoms with Gasteiger partial charge in [0, 0.05) is 11.7 Å². The summed E-state index contributed by atoms with van der Waals surface area (Å²) in [5, 5.41) is 6.51. The van der Waals surface area contributed by atoms with Crippen LogP contribution >= 0.6 is 0 Å². The Kier molecular flexibility index (Phi) is 5.69. The minimum absolute atomic E-state index is 0.169. The van der Waals surface area contributed by atoms with Crippen LogP contribution in [0.2, 0.25) is 0 Å². The Bertz CT molecular complexity index is 703. The van der Waals surface area contributed by atoms with E-state index in [9.17, 15) is 4.79 Å². The van der Waals surface area contributed by atoms with Crippen LogP contribution in [0.1, 0.15) is 67.9 Å². The number of carbonyl (C=O) groups excluding carboxylic acids is 1. The Hall–Kier alpha value is -2.36. The van der Waals surface area contributed by atoms with Gasteiger partial charge in [-0.15, -0.1) is 0 Å². The predicted octanol–water partition coefficient (Wildman–Crippen LogP) is 5.20. The van der Waals surface area contributed by atoms with Crippen molar-refractivity contribution in [2.45, 2.75) is 57.9 Å². The smallest absolute Gasteiger partial charge is 0.274 e. The highest BCUT2D eigenvalue weighted by atomic mass is 16.1. The molecule has 4 heteroatoms. The first kappa shape index (κ1) is 17.5. The molecule has 1 aromatic carbocycles. The summed E-state index contributed by atoms with van der Waals surface area (Å²) in [6.07, 6.45) is 8.12. The van der Waals surface area contributed by atoms with E-state index in [4.69, 9.17) is 0 Å². The second-order valence-electron chi connectivity index (χ2n) is 7.11. The fourth-order valence-electron chi connectivity index (χ4n) is 3.40. The van der Waals surface area contributed by atoms with Crippen molar-refractivity contribution in [1.82, 2.24) is 4.98 Å². The van der Waals surface area contributed by atoms with Gasteiger partial charge in [0.05, 0.1) is 11.9 Å². The van der Waals surface area contributed by atoms with E-state index in [1.807, 2.05) is 30.3 Å². The third-order valence-corrected chi connectivity index (χ3v) is 4.80. The van der Waals surface area contributed by atoms with Crippen LogP contribution in [0.15, 0.2) is 42.6 Å². The Balaban J connectivity index is 1.65. The lowest BCUT2D eigenvalue weighted by Gasteiger charge is -2.23. The summed E-state index contributed by atoms with van der Waals surface area (Å²) in [5.74, 6) is 0.184. The highest BCUT2D eigenvalue weighted by Crippen LogP contribution is 2.24. The van der Waals surface area contributed by atoms with Gasteiger partial charge >= 0.3 is 0 Å². The summed E-state index contributed by atoms with van der Waals surface area (Å²) in [5.41, 5.74) is 3.42. The number of pyridine rings is 1. The molecule has 1 aliphatic carbocycles. The van der Waals surface area contributed by atoms with Crippen LogP contribution in [0.5, 0.6) is 0 Å². The topological polar surface area (TPSA) is 54.0 Å². The molecular weight excluding hydrogens is 310 g/mol. The van der Waals surface area contributed by atoms with Crippen LogP contribution in [-0.2, 0) is 0 Å². The highest BCUT2D eigenvalue weighted by Gasteiger charge is 2.14. The van der Waals surface area contributed by atoms with Gasteiger partial charge in [-0.1, -0.05) is 51.3 Å². The van der Waals surface area contributed by atoms with Gasteiger partial charge in [-0.25, -0.2) is 4.98 Å². The summed E-state index contributed by atoms with van der Waals surface area (Å²) in [4.78, 5) is 16.8. The molecule has 1 amide bonds. The third-order valence-electron chi connectivity index (χ3n) is 4.80. The van der Waals surface area contributed by atoms with Crippen molar-refractivity contribution in [3.05, 3.63) is 53.9 Å². The van der Waals surface area contributed by atoms with Gasteiger partial charge in [0.1, 0.15) is 5.69 Å². The molecule has 0 saturated heterocycles. The lowest BCUT2D eigenvalue weighted by atomic mass is 9.95. The molecule has 132 valence electrons. The van der Waals surface area contributed by atoms with Crippen molar-refractivity contribution in [1.29, 1.82) is 0 Å². The van der Waals surface area contributed by atoms with Crippen LogP contribution in [0, 0.1) is 0 Å². The van der Waals surface area contributed by atoms with E-state index in [0.29, 0.717) is 17.7 Å². The first-order valence-corrected chi connectivity index (χ1v) is 9.26. The maximum absolute atomic E-state index is 12.5. The van der Waals surface area contributed by atoms with E-state index in [2.05, 4.69) is 29.5 Å². The number of anilines is 2. The molecule has 0 unspecified atom stereocenters. The average molecular weight is 337 g/mol. The number of carbonyl (C=O) groups is 1. The molecule has 3 rings (SSSR count). The van der Waals surface area contributed by atoms with Crippen molar-refractivity contribution in [3.63, 3.8) is 0 Å². The standard InChI is InChI=1S/C21H27N3O/c1-15(2)18-10-6-7-11-19(18)24-21(25)20-13-12-17(14-22-20)23-16-8-4-3-5-9-16/h6-7,10-16,23H,3-5,8-9H2,1-2H3,(H,24,25). The zero-order chi connectivity index (χ0) is 17.6. The summed E-state index contributed by atoms with van der Waals surface area (Å²) < 4.78 is 0. The van der Waals surface area contributed by atoms with Crippen molar-refractivity contribution in [3.8, 4) is 0 Å². The van der Waals surface area contributed by atoms with Crippen molar-refractivity contribution in [2.75, 3.05) is 10.6 Å². The second-order valence-corrected chi connectivity index (χ2v) is 7.11. The van der Waals surface area contributed by atoms with Gasteiger partial charge in [-0.3, -0.25) is 4.79 Å². The molecule has 0 radical (unpaired) electrons. The Morgan fingerprint density at radius 1 is 1.08 bits per heavy atom. The SMILES string of the molecule is CC(C)c1ccccc1NC(=O)c1ccc(NC2CCCCC2)cn1. The Morgan fingerprint density at radius 2 is 1.84 bits per heavy atom. The fourth-order valence-corrected chi connectivity index (χ4v) is 3.40. The van der Waals surface area contributed by atoms with E-state index in [1.54, 1.807) is 12.3 Å². The molecule has 1 saturated carbocycles. The molecule has 2 N–H and O–H groups in total. The number of amides is 1. The maximum Gasteiger partial charge on any atom is 0.274 e. The number of benzene rings is 1. The Labute approximate surface area is 150 Å². The molecule has 1 aliphatic rings. The number of hydrogen-bond acceptors (Lipinski definition) is 3. The molecular formula is C21H27N3O. The quantitative estimate of drug-likeness (QED) is 0.788. The number of nitrogens with zero attached hydrogens (tertiary/aromatic N) is 1. The van der Waals surface area contributed by atoms with E-state index in [-0.39, 0.29) is 5.91 Å². The molecule has 0 aliphatic heterocycles.